The van der Waals surface area contributed by atoms with Crippen LogP contribution in [0.25, 0.3) is 11.0 Å². The Morgan fingerprint density at radius 2 is 1.70 bits per heavy atom. The number of aromatic nitrogens is 2. The molecule has 1 unspecified atom stereocenters. The molecule has 3 aromatic carbocycles. The molecular formula is C30H35N3O4. The minimum Gasteiger partial charge on any atom is -0.493 e. The average molecular weight is 502 g/mol. The van der Waals surface area contributed by atoms with Gasteiger partial charge in [0, 0.05) is 5.56 Å². The highest BCUT2D eigenvalue weighted by Gasteiger charge is 2.20. The minimum atomic E-state index is -0.335. The van der Waals surface area contributed by atoms with Crippen LogP contribution in [0.4, 0.5) is 0 Å². The van der Waals surface area contributed by atoms with Crippen LogP contribution < -0.4 is 19.5 Å². The van der Waals surface area contributed by atoms with Crippen LogP contribution in [-0.2, 0) is 6.54 Å². The monoisotopic (exact) mass is 501 g/mol. The standard InChI is InChI=1S/C30H35N3O4/c1-19(2)23-13-11-20(3)17-27(23)37-16-15-33-25-10-8-7-9-24(25)32-29(33)21(4)31-30(34)22-12-14-26(35-5)28(18-22)36-6/h7-14,17-19,21H,15-16H2,1-6H3,(H,31,34). The first kappa shape index (κ1) is 26.1. The lowest BCUT2D eigenvalue weighted by Crippen LogP contribution is -2.29. The number of nitrogens with one attached hydrogen (secondary N) is 1. The second kappa shape index (κ2) is 11.4. The van der Waals surface area contributed by atoms with Gasteiger partial charge in [-0.05, 0) is 67.3 Å². The molecule has 0 saturated heterocycles. The van der Waals surface area contributed by atoms with E-state index in [1.54, 1.807) is 32.4 Å². The number of fused-ring (bicyclic) bond motifs is 1. The van der Waals surface area contributed by atoms with Crippen LogP contribution in [0.15, 0.2) is 60.7 Å². The highest BCUT2D eigenvalue weighted by molar-refractivity contribution is 5.95. The maximum Gasteiger partial charge on any atom is 0.251 e. The number of hydrogen-bond acceptors (Lipinski definition) is 5. The molecule has 1 N–H and O–H groups in total. The number of para-hydroxylation sites is 2. The van der Waals surface area contributed by atoms with Crippen LogP contribution >= 0.6 is 0 Å². The fourth-order valence-corrected chi connectivity index (χ4v) is 4.47. The number of imidazole rings is 1. The van der Waals surface area contributed by atoms with Gasteiger partial charge in [-0.2, -0.15) is 0 Å². The van der Waals surface area contributed by atoms with Gasteiger partial charge in [-0.3, -0.25) is 4.79 Å². The second-order valence-electron chi connectivity index (χ2n) is 9.42. The number of nitrogens with zero attached hydrogens (tertiary/aromatic N) is 2. The Morgan fingerprint density at radius 3 is 2.43 bits per heavy atom. The number of hydrogen-bond donors (Lipinski definition) is 1. The molecule has 194 valence electrons. The van der Waals surface area contributed by atoms with Crippen molar-refractivity contribution in [3.05, 3.63) is 83.2 Å². The molecule has 0 radical (unpaired) electrons. The second-order valence-corrected chi connectivity index (χ2v) is 9.42. The van der Waals surface area contributed by atoms with Crippen LogP contribution in [-0.4, -0.2) is 36.3 Å². The summed E-state index contributed by atoms with van der Waals surface area (Å²) in [6.45, 7) is 9.42. The Hall–Kier alpha value is -4.00. The molecule has 1 atom stereocenters. The topological polar surface area (TPSA) is 74.6 Å². The van der Waals surface area contributed by atoms with Gasteiger partial charge in [0.2, 0.25) is 0 Å². The van der Waals surface area contributed by atoms with Crippen molar-refractivity contribution in [3.63, 3.8) is 0 Å². The van der Waals surface area contributed by atoms with Crippen LogP contribution in [0.1, 0.15) is 60.0 Å². The van der Waals surface area contributed by atoms with E-state index in [9.17, 15) is 4.79 Å². The normalized spacial score (nSPS) is 12.0. The van der Waals surface area contributed by atoms with Crippen molar-refractivity contribution in [1.29, 1.82) is 0 Å². The van der Waals surface area contributed by atoms with Crippen molar-refractivity contribution in [3.8, 4) is 17.2 Å². The van der Waals surface area contributed by atoms with E-state index in [-0.39, 0.29) is 11.9 Å². The van der Waals surface area contributed by atoms with Gasteiger partial charge in [-0.25, -0.2) is 4.98 Å². The molecule has 0 aliphatic carbocycles. The Balaban J connectivity index is 1.55. The molecule has 37 heavy (non-hydrogen) atoms. The zero-order valence-corrected chi connectivity index (χ0v) is 22.4. The Morgan fingerprint density at radius 1 is 0.946 bits per heavy atom. The first-order chi connectivity index (χ1) is 17.8. The van der Waals surface area contributed by atoms with E-state index in [0.29, 0.717) is 36.1 Å². The van der Waals surface area contributed by atoms with Crippen molar-refractivity contribution < 1.29 is 19.0 Å². The predicted molar refractivity (Wildman–Crippen MR) is 146 cm³/mol. The summed E-state index contributed by atoms with van der Waals surface area (Å²) < 4.78 is 19.0. The SMILES string of the molecule is COc1ccc(C(=O)NC(C)c2nc3ccccc3n2CCOc2cc(C)ccc2C(C)C)cc1OC. The maximum absolute atomic E-state index is 13.1. The van der Waals surface area contributed by atoms with Gasteiger partial charge in [-0.1, -0.05) is 38.1 Å². The van der Waals surface area contributed by atoms with Crippen LogP contribution in [0.3, 0.4) is 0 Å². The average Bonchev–Trinajstić information content (AvgIpc) is 3.26. The lowest BCUT2D eigenvalue weighted by Gasteiger charge is -2.18. The summed E-state index contributed by atoms with van der Waals surface area (Å²) in [4.78, 5) is 17.9. The summed E-state index contributed by atoms with van der Waals surface area (Å²) in [7, 11) is 3.12. The molecule has 4 aromatic rings. The quantitative estimate of drug-likeness (QED) is 0.286. The smallest absolute Gasteiger partial charge is 0.251 e. The number of ether oxygens (including phenoxy) is 3. The zero-order valence-electron chi connectivity index (χ0n) is 22.4. The molecule has 7 nitrogen and oxygen atoms in total. The van der Waals surface area contributed by atoms with E-state index in [4.69, 9.17) is 19.2 Å². The van der Waals surface area contributed by atoms with Crippen molar-refractivity contribution >= 4 is 16.9 Å². The number of methoxy groups -OCH3 is 2. The van der Waals surface area contributed by atoms with E-state index in [1.807, 2.05) is 31.2 Å². The number of carbonyl (C=O) groups is 1. The van der Waals surface area contributed by atoms with Gasteiger partial charge in [0.1, 0.15) is 18.2 Å². The molecule has 0 spiro atoms. The largest absolute Gasteiger partial charge is 0.493 e. The van der Waals surface area contributed by atoms with Crippen LogP contribution in [0.2, 0.25) is 0 Å². The van der Waals surface area contributed by atoms with Gasteiger partial charge in [0.05, 0.1) is 37.8 Å². The third-order valence-corrected chi connectivity index (χ3v) is 6.43. The Kier molecular flexibility index (Phi) is 8.01. The fourth-order valence-electron chi connectivity index (χ4n) is 4.47. The molecule has 1 aromatic heterocycles. The maximum atomic E-state index is 13.1. The summed E-state index contributed by atoms with van der Waals surface area (Å²) in [6.07, 6.45) is 0. The van der Waals surface area contributed by atoms with Gasteiger partial charge in [0.15, 0.2) is 11.5 Å². The third-order valence-electron chi connectivity index (χ3n) is 6.43. The number of benzene rings is 3. The van der Waals surface area contributed by atoms with Gasteiger partial charge in [-0.15, -0.1) is 0 Å². The van der Waals surface area contributed by atoms with Crippen molar-refractivity contribution in [2.45, 2.75) is 46.2 Å². The minimum absolute atomic E-state index is 0.218. The van der Waals surface area contributed by atoms with Gasteiger partial charge < -0.3 is 24.1 Å². The molecule has 4 rings (SSSR count). The van der Waals surface area contributed by atoms with E-state index in [2.05, 4.69) is 48.9 Å². The lowest BCUT2D eigenvalue weighted by molar-refractivity contribution is 0.0937. The third kappa shape index (κ3) is 5.71. The molecule has 0 aliphatic rings. The molecular weight excluding hydrogens is 466 g/mol. The first-order valence-electron chi connectivity index (χ1n) is 12.5. The molecule has 7 heteroatoms. The van der Waals surface area contributed by atoms with E-state index < -0.39 is 0 Å². The van der Waals surface area contributed by atoms with E-state index >= 15 is 0 Å². The molecule has 1 heterocycles. The highest BCUT2D eigenvalue weighted by Crippen LogP contribution is 2.29. The summed E-state index contributed by atoms with van der Waals surface area (Å²) in [6, 6.07) is 19.1. The Bertz CT molecular complexity index is 1390. The molecule has 0 fully saturated rings. The molecule has 0 saturated carbocycles. The van der Waals surface area contributed by atoms with E-state index in [1.165, 1.54) is 11.1 Å². The summed E-state index contributed by atoms with van der Waals surface area (Å²) >= 11 is 0. The predicted octanol–water partition coefficient (Wildman–Crippen LogP) is 6.06. The van der Waals surface area contributed by atoms with Crippen molar-refractivity contribution in [2.75, 3.05) is 20.8 Å². The van der Waals surface area contributed by atoms with Crippen molar-refractivity contribution in [2.24, 2.45) is 0 Å². The number of amides is 1. The highest BCUT2D eigenvalue weighted by atomic mass is 16.5. The molecule has 0 aliphatic heterocycles. The first-order valence-corrected chi connectivity index (χ1v) is 12.5. The van der Waals surface area contributed by atoms with Crippen LogP contribution in [0.5, 0.6) is 17.2 Å². The van der Waals surface area contributed by atoms with Crippen molar-refractivity contribution in [1.82, 2.24) is 14.9 Å². The molecule has 1 amide bonds. The summed E-state index contributed by atoms with van der Waals surface area (Å²) in [5.41, 5.74) is 4.72. The number of rotatable bonds is 10. The number of aryl methyl sites for hydroxylation is 1. The van der Waals surface area contributed by atoms with Gasteiger partial charge in [0.25, 0.3) is 5.91 Å². The lowest BCUT2D eigenvalue weighted by atomic mass is 10.0. The Labute approximate surface area is 218 Å². The zero-order chi connectivity index (χ0) is 26.5. The van der Waals surface area contributed by atoms with Gasteiger partial charge >= 0.3 is 0 Å². The van der Waals surface area contributed by atoms with Crippen LogP contribution in [0, 0.1) is 6.92 Å². The number of carbonyl (C=O) groups excluding carboxylic acids is 1. The summed E-state index contributed by atoms with van der Waals surface area (Å²) in [5.74, 6) is 2.91. The fraction of sp³-hybridized carbons (Fsp3) is 0.333. The molecule has 0 bridgehead atoms. The van der Waals surface area contributed by atoms with E-state index in [0.717, 1.165) is 22.6 Å². The summed E-state index contributed by atoms with van der Waals surface area (Å²) in [5, 5.41) is 3.08.